The molecule has 0 saturated heterocycles. The van der Waals surface area contributed by atoms with Crippen LogP contribution in [0.3, 0.4) is 0 Å². The third-order valence-electron chi connectivity index (χ3n) is 2.78. The molecule has 2 N–H and O–H groups in total. The maximum atomic E-state index is 10.4. The Balaban J connectivity index is 2.82. The zero-order chi connectivity index (χ0) is 11.5. The lowest BCUT2D eigenvalue weighted by molar-refractivity contribution is 0.0187. The molecule has 2 heteroatoms. The van der Waals surface area contributed by atoms with Gasteiger partial charge in [0.2, 0.25) is 0 Å². The number of rotatable bonds is 4. The fourth-order valence-corrected chi connectivity index (χ4v) is 1.69. The van der Waals surface area contributed by atoms with Crippen LogP contribution in [0.15, 0.2) is 30.3 Å². The Bertz CT molecular complexity index is 293. The van der Waals surface area contributed by atoms with Gasteiger partial charge >= 0.3 is 0 Å². The van der Waals surface area contributed by atoms with Crippen molar-refractivity contribution in [2.45, 2.75) is 45.4 Å². The monoisotopic (exact) mass is 207 g/mol. The van der Waals surface area contributed by atoms with Gasteiger partial charge in [0, 0.05) is 12.1 Å². The van der Waals surface area contributed by atoms with Crippen LogP contribution in [0.4, 0.5) is 0 Å². The summed E-state index contributed by atoms with van der Waals surface area (Å²) in [5.41, 5.74) is 0.122. The Labute approximate surface area is 92.3 Å². The molecule has 0 aliphatic rings. The maximum Gasteiger partial charge on any atom is 0.102 e. The van der Waals surface area contributed by atoms with E-state index in [2.05, 4.69) is 19.2 Å². The smallest absolute Gasteiger partial charge is 0.102 e. The molecule has 0 fully saturated rings. The van der Waals surface area contributed by atoms with Crippen LogP contribution >= 0.6 is 0 Å². The summed E-state index contributed by atoms with van der Waals surface area (Å²) in [6.07, 6.45) is 0. The van der Waals surface area contributed by atoms with E-state index < -0.39 is 5.60 Å². The standard InChI is InChI=1S/C13H21NO/c1-10(2)14-11(3)13(4,15)12-8-6-5-7-9-12/h5-11,14-15H,1-4H3. The number of aliphatic hydroxyl groups is 1. The summed E-state index contributed by atoms with van der Waals surface area (Å²) in [5, 5.41) is 13.8. The lowest BCUT2D eigenvalue weighted by Gasteiger charge is -2.33. The Hall–Kier alpha value is -0.860. The Kier molecular flexibility index (Phi) is 3.89. The molecular formula is C13H21NO. The highest BCUT2D eigenvalue weighted by Crippen LogP contribution is 2.24. The summed E-state index contributed by atoms with van der Waals surface area (Å²) >= 11 is 0. The van der Waals surface area contributed by atoms with E-state index in [1.165, 1.54) is 0 Å². The summed E-state index contributed by atoms with van der Waals surface area (Å²) in [4.78, 5) is 0. The third-order valence-corrected chi connectivity index (χ3v) is 2.78. The first-order chi connectivity index (χ1) is 6.94. The van der Waals surface area contributed by atoms with Gasteiger partial charge in [-0.15, -0.1) is 0 Å². The van der Waals surface area contributed by atoms with Crippen molar-refractivity contribution >= 4 is 0 Å². The Morgan fingerprint density at radius 1 is 1.13 bits per heavy atom. The minimum Gasteiger partial charge on any atom is -0.384 e. The molecule has 0 radical (unpaired) electrons. The second-order valence-corrected chi connectivity index (χ2v) is 4.56. The third kappa shape index (κ3) is 3.05. The topological polar surface area (TPSA) is 32.3 Å². The van der Waals surface area contributed by atoms with E-state index in [9.17, 15) is 5.11 Å². The highest BCUT2D eigenvalue weighted by Gasteiger charge is 2.30. The van der Waals surface area contributed by atoms with Gasteiger partial charge in [-0.25, -0.2) is 0 Å². The van der Waals surface area contributed by atoms with Crippen molar-refractivity contribution < 1.29 is 5.11 Å². The van der Waals surface area contributed by atoms with Crippen LogP contribution in [0.2, 0.25) is 0 Å². The molecule has 1 aromatic carbocycles. The summed E-state index contributed by atoms with van der Waals surface area (Å²) < 4.78 is 0. The van der Waals surface area contributed by atoms with Crippen LogP contribution in [0.1, 0.15) is 33.3 Å². The Morgan fingerprint density at radius 3 is 2.13 bits per heavy atom. The molecule has 2 atom stereocenters. The maximum absolute atomic E-state index is 10.4. The summed E-state index contributed by atoms with van der Waals surface area (Å²) in [6, 6.07) is 10.2. The van der Waals surface area contributed by atoms with Crippen molar-refractivity contribution in [2.24, 2.45) is 0 Å². The van der Waals surface area contributed by atoms with Gasteiger partial charge in [0.25, 0.3) is 0 Å². The van der Waals surface area contributed by atoms with Crippen molar-refractivity contribution in [3.8, 4) is 0 Å². The average molecular weight is 207 g/mol. The molecule has 0 heterocycles. The molecule has 0 amide bonds. The molecule has 1 aromatic rings. The van der Waals surface area contributed by atoms with Gasteiger partial charge in [-0.2, -0.15) is 0 Å². The molecule has 1 rings (SSSR count). The van der Waals surface area contributed by atoms with Crippen molar-refractivity contribution in [1.29, 1.82) is 0 Å². The summed E-state index contributed by atoms with van der Waals surface area (Å²) in [7, 11) is 0. The van der Waals surface area contributed by atoms with E-state index in [4.69, 9.17) is 0 Å². The fraction of sp³-hybridized carbons (Fsp3) is 0.538. The number of hydrogen-bond donors (Lipinski definition) is 2. The minimum absolute atomic E-state index is 0.0277. The van der Waals surface area contributed by atoms with Crippen molar-refractivity contribution in [2.75, 3.05) is 0 Å². The molecule has 0 aliphatic heterocycles. The molecular weight excluding hydrogens is 186 g/mol. The van der Waals surface area contributed by atoms with Crippen LogP contribution < -0.4 is 5.32 Å². The van der Waals surface area contributed by atoms with E-state index in [-0.39, 0.29) is 6.04 Å². The van der Waals surface area contributed by atoms with Gasteiger partial charge in [-0.05, 0) is 19.4 Å². The number of hydrogen-bond acceptors (Lipinski definition) is 2. The lowest BCUT2D eigenvalue weighted by Crippen LogP contribution is -2.47. The second-order valence-electron chi connectivity index (χ2n) is 4.56. The van der Waals surface area contributed by atoms with Crippen molar-refractivity contribution in [3.63, 3.8) is 0 Å². The van der Waals surface area contributed by atoms with E-state index in [1.807, 2.05) is 44.2 Å². The SMILES string of the molecule is CC(C)NC(C)C(C)(O)c1ccccc1. The van der Waals surface area contributed by atoms with E-state index in [0.717, 1.165) is 5.56 Å². The molecule has 2 unspecified atom stereocenters. The van der Waals surface area contributed by atoms with Crippen LogP contribution in [0.5, 0.6) is 0 Å². The molecule has 0 aromatic heterocycles. The number of nitrogens with one attached hydrogen (secondary N) is 1. The lowest BCUT2D eigenvalue weighted by atomic mass is 9.89. The van der Waals surface area contributed by atoms with Crippen molar-refractivity contribution in [3.05, 3.63) is 35.9 Å². The van der Waals surface area contributed by atoms with Crippen LogP contribution in [-0.2, 0) is 5.60 Å². The molecule has 0 bridgehead atoms. The molecule has 15 heavy (non-hydrogen) atoms. The average Bonchev–Trinajstić information content (AvgIpc) is 2.18. The predicted octanol–water partition coefficient (Wildman–Crippen LogP) is 2.28. The van der Waals surface area contributed by atoms with Gasteiger partial charge in [0.1, 0.15) is 5.60 Å². The normalized spacial score (nSPS) is 17.5. The van der Waals surface area contributed by atoms with Gasteiger partial charge in [0.15, 0.2) is 0 Å². The van der Waals surface area contributed by atoms with Gasteiger partial charge in [-0.1, -0.05) is 44.2 Å². The van der Waals surface area contributed by atoms with E-state index in [1.54, 1.807) is 0 Å². The second kappa shape index (κ2) is 4.77. The summed E-state index contributed by atoms with van der Waals surface area (Å²) in [5.74, 6) is 0. The first kappa shape index (κ1) is 12.2. The first-order valence-corrected chi connectivity index (χ1v) is 5.48. The summed E-state index contributed by atoms with van der Waals surface area (Å²) in [6.45, 7) is 8.02. The molecule has 2 nitrogen and oxygen atoms in total. The van der Waals surface area contributed by atoms with Crippen LogP contribution in [-0.4, -0.2) is 17.2 Å². The fourth-order valence-electron chi connectivity index (χ4n) is 1.69. The van der Waals surface area contributed by atoms with Crippen molar-refractivity contribution in [1.82, 2.24) is 5.32 Å². The highest BCUT2D eigenvalue weighted by atomic mass is 16.3. The zero-order valence-electron chi connectivity index (χ0n) is 9.99. The quantitative estimate of drug-likeness (QED) is 0.794. The Morgan fingerprint density at radius 2 is 1.67 bits per heavy atom. The zero-order valence-corrected chi connectivity index (χ0v) is 9.99. The first-order valence-electron chi connectivity index (χ1n) is 5.48. The predicted molar refractivity (Wildman–Crippen MR) is 63.7 cm³/mol. The van der Waals surface area contributed by atoms with E-state index >= 15 is 0 Å². The van der Waals surface area contributed by atoms with Gasteiger partial charge in [-0.3, -0.25) is 0 Å². The highest BCUT2D eigenvalue weighted by molar-refractivity contribution is 5.23. The van der Waals surface area contributed by atoms with E-state index in [0.29, 0.717) is 6.04 Å². The van der Waals surface area contributed by atoms with Gasteiger partial charge < -0.3 is 10.4 Å². The molecule has 0 saturated carbocycles. The molecule has 84 valence electrons. The number of benzene rings is 1. The molecule has 0 aliphatic carbocycles. The van der Waals surface area contributed by atoms with Crippen LogP contribution in [0.25, 0.3) is 0 Å². The molecule has 0 spiro atoms. The minimum atomic E-state index is -0.828. The van der Waals surface area contributed by atoms with Crippen LogP contribution in [0, 0.1) is 0 Å². The van der Waals surface area contributed by atoms with Gasteiger partial charge in [0.05, 0.1) is 0 Å². The largest absolute Gasteiger partial charge is 0.384 e.